The monoisotopic (exact) mass is 282 g/mol. The Morgan fingerprint density at radius 1 is 1.10 bits per heavy atom. The lowest BCUT2D eigenvalue weighted by Crippen LogP contribution is -2.27. The van der Waals surface area contributed by atoms with E-state index in [0.717, 1.165) is 27.8 Å². The van der Waals surface area contributed by atoms with Crippen molar-refractivity contribution in [2.75, 3.05) is 7.05 Å². The summed E-state index contributed by atoms with van der Waals surface area (Å²) in [5.74, 6) is 0.0503. The Morgan fingerprint density at radius 3 is 2.52 bits per heavy atom. The fourth-order valence-electron chi connectivity index (χ4n) is 2.37. The highest BCUT2D eigenvalue weighted by molar-refractivity contribution is 5.95. The summed E-state index contributed by atoms with van der Waals surface area (Å²) in [6.45, 7) is 5.07. The lowest BCUT2D eigenvalue weighted by Gasteiger charge is -2.19. The van der Waals surface area contributed by atoms with E-state index >= 15 is 0 Å². The molecule has 3 heteroatoms. The van der Waals surface area contributed by atoms with Crippen LogP contribution in [0.15, 0.2) is 42.5 Å². The predicted octanol–water partition coefficient (Wildman–Crippen LogP) is 3.03. The minimum atomic E-state index is 0.0503. The highest BCUT2D eigenvalue weighted by Gasteiger charge is 2.14. The number of benzene rings is 2. The highest BCUT2D eigenvalue weighted by atomic mass is 16.2. The van der Waals surface area contributed by atoms with Crippen molar-refractivity contribution in [3.05, 3.63) is 70.3 Å². The molecule has 1 amide bonds. The molecule has 110 valence electrons. The molecule has 0 bridgehead atoms. The third kappa shape index (κ3) is 3.70. The molecule has 0 fully saturated rings. The van der Waals surface area contributed by atoms with Gasteiger partial charge in [-0.15, -0.1) is 0 Å². The molecule has 2 aromatic rings. The summed E-state index contributed by atoms with van der Waals surface area (Å²) in [5.41, 5.74) is 10.7. The number of rotatable bonds is 4. The summed E-state index contributed by atoms with van der Waals surface area (Å²) < 4.78 is 0. The van der Waals surface area contributed by atoms with E-state index in [0.29, 0.717) is 13.1 Å². The standard InChI is InChI=1S/C18H22N2O/c1-13-7-8-14(2)17(9-13)18(21)20(3)12-16-6-4-5-15(10-16)11-19/h4-10H,11-12,19H2,1-3H3. The van der Waals surface area contributed by atoms with Gasteiger partial charge in [-0.1, -0.05) is 42.0 Å². The molecule has 0 saturated heterocycles. The fourth-order valence-corrected chi connectivity index (χ4v) is 2.37. The zero-order valence-electron chi connectivity index (χ0n) is 12.9. The van der Waals surface area contributed by atoms with Crippen LogP contribution >= 0.6 is 0 Å². The molecule has 0 unspecified atom stereocenters. The van der Waals surface area contributed by atoms with Crippen molar-refractivity contribution in [1.29, 1.82) is 0 Å². The maximum Gasteiger partial charge on any atom is 0.254 e. The molecule has 0 aliphatic carbocycles. The number of hydrogen-bond acceptors (Lipinski definition) is 2. The Kier molecular flexibility index (Phi) is 4.76. The van der Waals surface area contributed by atoms with Crippen molar-refractivity contribution >= 4 is 5.91 Å². The van der Waals surface area contributed by atoms with Crippen LogP contribution in [0.25, 0.3) is 0 Å². The molecule has 0 saturated carbocycles. The number of carbonyl (C=O) groups is 1. The second-order valence-electron chi connectivity index (χ2n) is 5.50. The van der Waals surface area contributed by atoms with Crippen LogP contribution in [0, 0.1) is 13.8 Å². The molecule has 0 heterocycles. The topological polar surface area (TPSA) is 46.3 Å². The number of nitrogens with two attached hydrogens (primary N) is 1. The van der Waals surface area contributed by atoms with Crippen LogP contribution < -0.4 is 5.73 Å². The normalized spacial score (nSPS) is 10.5. The summed E-state index contributed by atoms with van der Waals surface area (Å²) in [5, 5.41) is 0. The van der Waals surface area contributed by atoms with Gasteiger partial charge in [0.25, 0.3) is 5.91 Å². The Bertz CT molecular complexity index is 649. The van der Waals surface area contributed by atoms with Crippen molar-refractivity contribution in [2.45, 2.75) is 26.9 Å². The number of amides is 1. The largest absolute Gasteiger partial charge is 0.337 e. The van der Waals surface area contributed by atoms with E-state index in [4.69, 9.17) is 5.73 Å². The van der Waals surface area contributed by atoms with Gasteiger partial charge in [0.1, 0.15) is 0 Å². The average Bonchev–Trinajstić information content (AvgIpc) is 2.49. The summed E-state index contributed by atoms with van der Waals surface area (Å²) in [4.78, 5) is 14.3. The van der Waals surface area contributed by atoms with Crippen LogP contribution in [0.3, 0.4) is 0 Å². The molecule has 2 N–H and O–H groups in total. The molecule has 2 aromatic carbocycles. The van der Waals surface area contributed by atoms with Crippen LogP contribution in [-0.4, -0.2) is 17.9 Å². The minimum absolute atomic E-state index is 0.0503. The third-order valence-electron chi connectivity index (χ3n) is 3.62. The zero-order chi connectivity index (χ0) is 15.4. The van der Waals surface area contributed by atoms with Crippen LogP contribution in [0.4, 0.5) is 0 Å². The van der Waals surface area contributed by atoms with E-state index in [1.807, 2.05) is 63.4 Å². The molecule has 0 radical (unpaired) electrons. The Morgan fingerprint density at radius 2 is 1.81 bits per heavy atom. The number of carbonyl (C=O) groups excluding carboxylic acids is 1. The van der Waals surface area contributed by atoms with Gasteiger partial charge in [0, 0.05) is 25.7 Å². The van der Waals surface area contributed by atoms with Crippen LogP contribution in [0.5, 0.6) is 0 Å². The first-order valence-electron chi connectivity index (χ1n) is 7.12. The Hall–Kier alpha value is -2.13. The van der Waals surface area contributed by atoms with Crippen molar-refractivity contribution < 1.29 is 4.79 Å². The first-order valence-corrected chi connectivity index (χ1v) is 7.12. The minimum Gasteiger partial charge on any atom is -0.337 e. The van der Waals surface area contributed by atoms with Gasteiger partial charge in [-0.25, -0.2) is 0 Å². The second-order valence-corrected chi connectivity index (χ2v) is 5.50. The van der Waals surface area contributed by atoms with Gasteiger partial charge in [0.15, 0.2) is 0 Å². The van der Waals surface area contributed by atoms with Crippen LogP contribution in [0.1, 0.15) is 32.6 Å². The van der Waals surface area contributed by atoms with E-state index < -0.39 is 0 Å². The quantitative estimate of drug-likeness (QED) is 0.937. The van der Waals surface area contributed by atoms with Gasteiger partial charge < -0.3 is 10.6 Å². The zero-order valence-corrected chi connectivity index (χ0v) is 12.9. The molecule has 0 aliphatic rings. The predicted molar refractivity (Wildman–Crippen MR) is 86.0 cm³/mol. The number of nitrogens with zero attached hydrogens (tertiary/aromatic N) is 1. The lowest BCUT2D eigenvalue weighted by molar-refractivity contribution is 0.0784. The van der Waals surface area contributed by atoms with Crippen molar-refractivity contribution in [3.8, 4) is 0 Å². The van der Waals surface area contributed by atoms with E-state index in [9.17, 15) is 4.79 Å². The third-order valence-corrected chi connectivity index (χ3v) is 3.62. The molecular formula is C18H22N2O. The van der Waals surface area contributed by atoms with Gasteiger partial charge in [-0.3, -0.25) is 4.79 Å². The smallest absolute Gasteiger partial charge is 0.254 e. The summed E-state index contributed by atoms with van der Waals surface area (Å²) in [6, 6.07) is 14.0. The van der Waals surface area contributed by atoms with E-state index in [-0.39, 0.29) is 5.91 Å². The number of hydrogen-bond donors (Lipinski definition) is 1. The highest BCUT2D eigenvalue weighted by Crippen LogP contribution is 2.15. The van der Waals surface area contributed by atoms with Crippen LogP contribution in [0.2, 0.25) is 0 Å². The van der Waals surface area contributed by atoms with Gasteiger partial charge in [-0.05, 0) is 36.6 Å². The SMILES string of the molecule is Cc1ccc(C)c(C(=O)N(C)Cc2cccc(CN)c2)c1. The molecule has 0 atom stereocenters. The maximum atomic E-state index is 12.6. The molecule has 0 aromatic heterocycles. The summed E-state index contributed by atoms with van der Waals surface area (Å²) >= 11 is 0. The van der Waals surface area contributed by atoms with Crippen LogP contribution in [-0.2, 0) is 13.1 Å². The Balaban J connectivity index is 2.17. The molecule has 0 aliphatic heterocycles. The molecule has 0 spiro atoms. The first kappa shape index (κ1) is 15.3. The van der Waals surface area contributed by atoms with Gasteiger partial charge in [0.2, 0.25) is 0 Å². The molecular weight excluding hydrogens is 260 g/mol. The van der Waals surface area contributed by atoms with E-state index in [1.54, 1.807) is 4.90 Å². The first-order chi connectivity index (χ1) is 10.0. The maximum absolute atomic E-state index is 12.6. The van der Waals surface area contributed by atoms with Gasteiger partial charge in [0.05, 0.1) is 0 Å². The second kappa shape index (κ2) is 6.55. The van der Waals surface area contributed by atoms with E-state index in [1.165, 1.54) is 0 Å². The van der Waals surface area contributed by atoms with Gasteiger partial charge >= 0.3 is 0 Å². The molecule has 3 nitrogen and oxygen atoms in total. The summed E-state index contributed by atoms with van der Waals surface area (Å²) in [7, 11) is 1.83. The van der Waals surface area contributed by atoms with Gasteiger partial charge in [-0.2, -0.15) is 0 Å². The average molecular weight is 282 g/mol. The lowest BCUT2D eigenvalue weighted by atomic mass is 10.0. The Labute approximate surface area is 126 Å². The van der Waals surface area contributed by atoms with Crippen molar-refractivity contribution in [1.82, 2.24) is 4.90 Å². The molecule has 2 rings (SSSR count). The van der Waals surface area contributed by atoms with E-state index in [2.05, 4.69) is 0 Å². The van der Waals surface area contributed by atoms with Crippen molar-refractivity contribution in [2.24, 2.45) is 5.73 Å². The fraction of sp³-hybridized carbons (Fsp3) is 0.278. The van der Waals surface area contributed by atoms with Crippen molar-refractivity contribution in [3.63, 3.8) is 0 Å². The molecule has 21 heavy (non-hydrogen) atoms. The summed E-state index contributed by atoms with van der Waals surface area (Å²) in [6.07, 6.45) is 0. The number of aryl methyl sites for hydroxylation is 2.